The van der Waals surface area contributed by atoms with Crippen LogP contribution in [0, 0.1) is 11.3 Å². The number of nitrogens with one attached hydrogen (secondary N) is 1. The Bertz CT molecular complexity index is 1180. The SMILES string of the molecule is CC1CC(C(C)(C)C)=CC=C1COn1c(=O)c(C(=O)NCC(=O)O)c(O)c2ccccc21. The minimum absolute atomic E-state index is 0.0689. The number of rotatable bonds is 6. The van der Waals surface area contributed by atoms with E-state index in [2.05, 4.69) is 39.1 Å². The molecule has 1 unspecified atom stereocenters. The molecule has 1 aromatic heterocycles. The van der Waals surface area contributed by atoms with Gasteiger partial charge in [0.25, 0.3) is 11.5 Å². The lowest BCUT2D eigenvalue weighted by molar-refractivity contribution is -0.135. The van der Waals surface area contributed by atoms with Crippen molar-refractivity contribution in [3.63, 3.8) is 0 Å². The first-order valence-electron chi connectivity index (χ1n) is 10.4. The largest absolute Gasteiger partial charge is 0.506 e. The second-order valence-corrected chi connectivity index (χ2v) is 8.98. The van der Waals surface area contributed by atoms with Gasteiger partial charge in [-0.05, 0) is 35.5 Å². The summed E-state index contributed by atoms with van der Waals surface area (Å²) in [5.74, 6) is -2.56. The summed E-state index contributed by atoms with van der Waals surface area (Å²) in [5.41, 5.74) is 1.28. The molecule has 0 fully saturated rings. The lowest BCUT2D eigenvalue weighted by Gasteiger charge is -2.30. The maximum absolute atomic E-state index is 13.1. The Kier molecular flexibility index (Phi) is 6.43. The van der Waals surface area contributed by atoms with Gasteiger partial charge >= 0.3 is 5.97 Å². The number of aromatic nitrogens is 1. The molecule has 0 saturated heterocycles. The van der Waals surface area contributed by atoms with Crippen molar-refractivity contribution < 1.29 is 24.6 Å². The van der Waals surface area contributed by atoms with Crippen LogP contribution in [0.4, 0.5) is 0 Å². The van der Waals surface area contributed by atoms with Gasteiger partial charge in [-0.1, -0.05) is 57.6 Å². The van der Waals surface area contributed by atoms with Gasteiger partial charge in [0.2, 0.25) is 0 Å². The number of carboxylic acids is 1. The molecule has 1 aliphatic carbocycles. The average Bonchev–Trinajstić information content (AvgIpc) is 2.72. The fraction of sp³-hybridized carbons (Fsp3) is 0.375. The number of carboxylic acid groups (broad SMARTS) is 1. The van der Waals surface area contributed by atoms with Crippen LogP contribution in [-0.4, -0.2) is 40.0 Å². The predicted octanol–water partition coefficient (Wildman–Crippen LogP) is 2.89. The fourth-order valence-electron chi connectivity index (χ4n) is 3.66. The van der Waals surface area contributed by atoms with E-state index in [-0.39, 0.29) is 23.3 Å². The lowest BCUT2D eigenvalue weighted by Crippen LogP contribution is -2.38. The van der Waals surface area contributed by atoms with E-state index in [9.17, 15) is 19.5 Å². The highest BCUT2D eigenvalue weighted by Crippen LogP contribution is 2.35. The quantitative estimate of drug-likeness (QED) is 0.636. The molecule has 0 radical (unpaired) electrons. The summed E-state index contributed by atoms with van der Waals surface area (Å²) in [7, 11) is 0. The van der Waals surface area contributed by atoms with Crippen LogP contribution in [0.25, 0.3) is 10.9 Å². The monoisotopic (exact) mass is 440 g/mol. The van der Waals surface area contributed by atoms with E-state index < -0.39 is 35.3 Å². The van der Waals surface area contributed by atoms with Gasteiger partial charge in [0, 0.05) is 5.39 Å². The van der Waals surface area contributed by atoms with Gasteiger partial charge in [0.15, 0.2) is 5.56 Å². The number of benzene rings is 1. The highest BCUT2D eigenvalue weighted by molar-refractivity contribution is 6.03. The number of hydrogen-bond donors (Lipinski definition) is 3. The highest BCUT2D eigenvalue weighted by atomic mass is 16.7. The summed E-state index contributed by atoms with van der Waals surface area (Å²) >= 11 is 0. The highest BCUT2D eigenvalue weighted by Gasteiger charge is 2.26. The number of carbonyl (C=O) groups excluding carboxylic acids is 1. The maximum atomic E-state index is 13.1. The lowest BCUT2D eigenvalue weighted by atomic mass is 9.77. The Morgan fingerprint density at radius 2 is 1.91 bits per heavy atom. The van der Waals surface area contributed by atoms with Crippen LogP contribution in [0.15, 0.2) is 52.4 Å². The minimum atomic E-state index is -1.27. The third-order valence-corrected chi connectivity index (χ3v) is 5.62. The molecule has 0 bridgehead atoms. The van der Waals surface area contributed by atoms with Gasteiger partial charge in [-0.3, -0.25) is 14.4 Å². The first-order valence-corrected chi connectivity index (χ1v) is 10.4. The molecule has 0 spiro atoms. The van der Waals surface area contributed by atoms with Crippen LogP contribution in [-0.2, 0) is 4.79 Å². The zero-order valence-electron chi connectivity index (χ0n) is 18.6. The third kappa shape index (κ3) is 4.69. The Balaban J connectivity index is 1.99. The number of carbonyl (C=O) groups is 2. The number of nitrogens with zero attached hydrogens (tertiary/aromatic N) is 1. The molecular formula is C24H28N2O6. The van der Waals surface area contributed by atoms with Crippen molar-refractivity contribution in [2.24, 2.45) is 11.3 Å². The third-order valence-electron chi connectivity index (χ3n) is 5.62. The van der Waals surface area contributed by atoms with Crippen molar-refractivity contribution in [1.82, 2.24) is 10.0 Å². The molecule has 1 aliphatic rings. The van der Waals surface area contributed by atoms with Gasteiger partial charge in [-0.15, -0.1) is 4.73 Å². The number of aromatic hydroxyl groups is 1. The predicted molar refractivity (Wildman–Crippen MR) is 121 cm³/mol. The Labute approximate surface area is 185 Å². The summed E-state index contributed by atoms with van der Waals surface area (Å²) < 4.78 is 0.987. The zero-order chi connectivity index (χ0) is 23.6. The second-order valence-electron chi connectivity index (χ2n) is 8.98. The first kappa shape index (κ1) is 23.1. The van der Waals surface area contributed by atoms with Crippen LogP contribution in [0.2, 0.25) is 0 Å². The maximum Gasteiger partial charge on any atom is 0.322 e. The first-order chi connectivity index (χ1) is 15.0. The molecule has 8 nitrogen and oxygen atoms in total. The van der Waals surface area contributed by atoms with E-state index in [1.54, 1.807) is 24.3 Å². The zero-order valence-corrected chi connectivity index (χ0v) is 18.6. The molecule has 2 aromatic rings. The van der Waals surface area contributed by atoms with Gasteiger partial charge in [-0.25, -0.2) is 0 Å². The Morgan fingerprint density at radius 1 is 1.22 bits per heavy atom. The minimum Gasteiger partial charge on any atom is -0.506 e. The van der Waals surface area contributed by atoms with Crippen LogP contribution < -0.4 is 15.7 Å². The summed E-state index contributed by atoms with van der Waals surface area (Å²) in [6, 6.07) is 6.50. The summed E-state index contributed by atoms with van der Waals surface area (Å²) in [5, 5.41) is 21.7. The van der Waals surface area contributed by atoms with Crippen molar-refractivity contribution in [3.8, 4) is 5.75 Å². The van der Waals surface area contributed by atoms with Crippen LogP contribution in [0.1, 0.15) is 44.5 Å². The molecule has 1 heterocycles. The molecule has 170 valence electrons. The molecule has 3 N–H and O–H groups in total. The molecular weight excluding hydrogens is 412 g/mol. The standard InChI is InChI=1S/C24H28N2O6/c1-14-11-16(24(2,3)4)10-9-15(14)13-32-26-18-8-6-5-7-17(18)21(29)20(23(26)31)22(30)25-12-19(27)28/h5-10,14,29H,11-13H2,1-4H3,(H,25,30)(H,27,28). The second kappa shape index (κ2) is 8.90. The van der Waals surface area contributed by atoms with Crippen molar-refractivity contribution in [3.05, 3.63) is 63.5 Å². The van der Waals surface area contributed by atoms with E-state index in [0.717, 1.165) is 16.7 Å². The van der Waals surface area contributed by atoms with Gasteiger partial charge in [-0.2, -0.15) is 0 Å². The number of fused-ring (bicyclic) bond motifs is 1. The number of hydrogen-bond acceptors (Lipinski definition) is 5. The van der Waals surface area contributed by atoms with Crippen molar-refractivity contribution in [2.45, 2.75) is 34.1 Å². The number of amides is 1. The van der Waals surface area contributed by atoms with Crippen molar-refractivity contribution in [2.75, 3.05) is 13.2 Å². The van der Waals surface area contributed by atoms with Crippen LogP contribution in [0.5, 0.6) is 5.75 Å². The van der Waals surface area contributed by atoms with E-state index >= 15 is 0 Å². The van der Waals surface area contributed by atoms with E-state index in [4.69, 9.17) is 9.94 Å². The van der Waals surface area contributed by atoms with Gasteiger partial charge in [0.1, 0.15) is 18.9 Å². The number of aliphatic carboxylic acids is 1. The summed E-state index contributed by atoms with van der Waals surface area (Å²) in [4.78, 5) is 42.2. The molecule has 32 heavy (non-hydrogen) atoms. The van der Waals surface area contributed by atoms with Gasteiger partial charge < -0.3 is 20.4 Å². The smallest absolute Gasteiger partial charge is 0.322 e. The molecule has 1 amide bonds. The number of pyridine rings is 1. The Morgan fingerprint density at radius 3 is 2.53 bits per heavy atom. The van der Waals surface area contributed by atoms with Crippen LogP contribution in [0.3, 0.4) is 0 Å². The fourth-order valence-corrected chi connectivity index (χ4v) is 3.66. The summed E-state index contributed by atoms with van der Waals surface area (Å²) in [6.07, 6.45) is 4.97. The molecule has 0 aliphatic heterocycles. The summed E-state index contributed by atoms with van der Waals surface area (Å²) in [6.45, 7) is 8.04. The molecule has 8 heteroatoms. The molecule has 1 aromatic carbocycles. The number of allylic oxidation sites excluding steroid dienone is 3. The van der Waals surface area contributed by atoms with E-state index in [0.29, 0.717) is 5.52 Å². The molecule has 3 rings (SSSR count). The average molecular weight is 440 g/mol. The van der Waals surface area contributed by atoms with E-state index in [1.807, 2.05) is 6.08 Å². The topological polar surface area (TPSA) is 118 Å². The van der Waals surface area contributed by atoms with E-state index in [1.165, 1.54) is 5.57 Å². The molecule has 0 saturated carbocycles. The molecule has 1 atom stereocenters. The van der Waals surface area contributed by atoms with Gasteiger partial charge in [0.05, 0.1) is 5.52 Å². The Hall–Kier alpha value is -3.55. The number of para-hydroxylation sites is 1. The van der Waals surface area contributed by atoms with Crippen molar-refractivity contribution in [1.29, 1.82) is 0 Å². The van der Waals surface area contributed by atoms with Crippen LogP contribution >= 0.6 is 0 Å². The van der Waals surface area contributed by atoms with Crippen molar-refractivity contribution >= 4 is 22.8 Å². The normalized spacial score (nSPS) is 16.3.